The van der Waals surface area contributed by atoms with Gasteiger partial charge in [-0.2, -0.15) is 0 Å². The number of methoxy groups -OCH3 is 1. The number of hydrogen-bond acceptors (Lipinski definition) is 6. The highest BCUT2D eigenvalue weighted by Gasteiger charge is 2.47. The Kier molecular flexibility index (Phi) is 8.88. The van der Waals surface area contributed by atoms with Crippen molar-refractivity contribution in [3.63, 3.8) is 0 Å². The number of carbonyl (C=O) groups is 1. The summed E-state index contributed by atoms with van der Waals surface area (Å²) in [6.45, 7) is 0. The fraction of sp³-hybridized carbons (Fsp3) is 0.457. The number of phenolic OH excluding ortho intramolecular Hbond substituents is 3. The van der Waals surface area contributed by atoms with Gasteiger partial charge in [0.2, 0.25) is 0 Å². The second kappa shape index (κ2) is 12.6. The molecule has 1 saturated carbocycles. The van der Waals surface area contributed by atoms with Crippen LogP contribution in [0, 0.1) is 5.92 Å². The van der Waals surface area contributed by atoms with Gasteiger partial charge >= 0.3 is 0 Å². The quantitative estimate of drug-likeness (QED) is 0.195. The number of benzene rings is 3. The standard InChI is InChI=1S/C35H42O6/c1-41-33-20-25(12-16-31(33)38)24(11-10-23-7-3-2-4-8-23)19-27(36)21-28(37)22-35-18-6-5-9-26(35)13-14-29-30(35)15-17-32(39)34(29)40/h2-4,7-8,12,15-17,20,24,26,28,37-40H,5-6,9-11,13-14,18-19,21-22H2,1H3. The number of aliphatic hydroxyl groups excluding tert-OH is 1. The molecular weight excluding hydrogens is 516 g/mol. The molecule has 0 aliphatic heterocycles. The monoisotopic (exact) mass is 558 g/mol. The summed E-state index contributed by atoms with van der Waals surface area (Å²) in [4.78, 5) is 13.5. The van der Waals surface area contributed by atoms with Crippen molar-refractivity contribution in [2.45, 2.75) is 88.1 Å². The molecule has 2 aliphatic carbocycles. The smallest absolute Gasteiger partial charge is 0.160 e. The number of aryl methyl sites for hydroxylation is 1. The largest absolute Gasteiger partial charge is 0.504 e. The first-order chi connectivity index (χ1) is 19.8. The van der Waals surface area contributed by atoms with E-state index in [1.807, 2.05) is 30.3 Å². The summed E-state index contributed by atoms with van der Waals surface area (Å²) in [5.74, 6) is 0.621. The van der Waals surface area contributed by atoms with Gasteiger partial charge in [0.15, 0.2) is 23.0 Å². The Hall–Kier alpha value is -3.51. The Morgan fingerprint density at radius 1 is 0.976 bits per heavy atom. The van der Waals surface area contributed by atoms with Crippen molar-refractivity contribution in [3.8, 4) is 23.0 Å². The van der Waals surface area contributed by atoms with Crippen LogP contribution >= 0.6 is 0 Å². The van der Waals surface area contributed by atoms with Crippen molar-refractivity contribution in [2.24, 2.45) is 5.92 Å². The lowest BCUT2D eigenvalue weighted by atomic mass is 9.55. The SMILES string of the molecule is COc1cc(C(CCc2ccccc2)CC(=O)CC(O)CC23CCCCC2CCc2c3ccc(O)c2O)ccc1O. The van der Waals surface area contributed by atoms with Gasteiger partial charge in [-0.05, 0) is 91.7 Å². The van der Waals surface area contributed by atoms with Crippen LogP contribution in [-0.4, -0.2) is 39.4 Å². The normalized spacial score (nSPS) is 21.4. The second-order valence-electron chi connectivity index (χ2n) is 12.1. The lowest BCUT2D eigenvalue weighted by Gasteiger charge is -2.50. The van der Waals surface area contributed by atoms with E-state index in [-0.39, 0.29) is 40.8 Å². The number of hydrogen-bond donors (Lipinski definition) is 4. The maximum absolute atomic E-state index is 13.5. The molecule has 3 aromatic rings. The van der Waals surface area contributed by atoms with Crippen LogP contribution in [-0.2, 0) is 23.1 Å². The number of Topliss-reactive ketones (excluding diaryl/α,β-unsaturated/α-hetero) is 1. The van der Waals surface area contributed by atoms with Crippen LogP contribution in [0.25, 0.3) is 0 Å². The maximum Gasteiger partial charge on any atom is 0.160 e. The van der Waals surface area contributed by atoms with Crippen LogP contribution in [0.1, 0.15) is 86.0 Å². The summed E-state index contributed by atoms with van der Waals surface area (Å²) < 4.78 is 5.34. The highest BCUT2D eigenvalue weighted by Crippen LogP contribution is 2.55. The minimum atomic E-state index is -0.797. The van der Waals surface area contributed by atoms with Gasteiger partial charge in [0.25, 0.3) is 0 Å². The minimum Gasteiger partial charge on any atom is -0.504 e. The van der Waals surface area contributed by atoms with Crippen molar-refractivity contribution in [3.05, 3.63) is 82.9 Å². The molecule has 6 heteroatoms. The van der Waals surface area contributed by atoms with Crippen molar-refractivity contribution < 1.29 is 30.0 Å². The zero-order valence-electron chi connectivity index (χ0n) is 23.9. The molecule has 218 valence electrons. The van der Waals surface area contributed by atoms with Crippen LogP contribution in [0.2, 0.25) is 0 Å². The molecule has 0 amide bonds. The summed E-state index contributed by atoms with van der Waals surface area (Å²) in [6, 6.07) is 18.9. The highest BCUT2D eigenvalue weighted by atomic mass is 16.5. The van der Waals surface area contributed by atoms with Crippen molar-refractivity contribution >= 4 is 5.78 Å². The highest BCUT2D eigenvalue weighted by molar-refractivity contribution is 5.80. The fourth-order valence-corrected chi connectivity index (χ4v) is 7.56. The first-order valence-corrected chi connectivity index (χ1v) is 15.0. The Balaban J connectivity index is 1.33. The van der Waals surface area contributed by atoms with Gasteiger partial charge in [0.05, 0.1) is 13.2 Å². The Morgan fingerprint density at radius 2 is 1.76 bits per heavy atom. The predicted octanol–water partition coefficient (Wildman–Crippen LogP) is 6.70. The molecule has 6 nitrogen and oxygen atoms in total. The summed E-state index contributed by atoms with van der Waals surface area (Å²) in [5, 5.41) is 42.3. The summed E-state index contributed by atoms with van der Waals surface area (Å²) in [5.41, 5.74) is 3.66. The summed E-state index contributed by atoms with van der Waals surface area (Å²) in [7, 11) is 1.52. The third-order valence-corrected chi connectivity index (χ3v) is 9.58. The molecule has 0 heterocycles. The topological polar surface area (TPSA) is 107 Å². The second-order valence-corrected chi connectivity index (χ2v) is 12.1. The summed E-state index contributed by atoms with van der Waals surface area (Å²) >= 11 is 0. The number of phenols is 3. The molecule has 5 rings (SSSR count). The van der Waals surface area contributed by atoms with Crippen molar-refractivity contribution in [1.29, 1.82) is 0 Å². The average Bonchev–Trinajstić information content (AvgIpc) is 2.97. The van der Waals surface area contributed by atoms with Crippen LogP contribution in [0.4, 0.5) is 0 Å². The molecule has 1 fully saturated rings. The number of fused-ring (bicyclic) bond motifs is 3. The zero-order valence-corrected chi connectivity index (χ0v) is 23.9. The molecule has 0 aromatic heterocycles. The van der Waals surface area contributed by atoms with Gasteiger partial charge in [-0.3, -0.25) is 4.79 Å². The van der Waals surface area contributed by atoms with Gasteiger partial charge in [-0.25, -0.2) is 0 Å². The van der Waals surface area contributed by atoms with E-state index in [0.717, 1.165) is 68.1 Å². The molecule has 4 N–H and O–H groups in total. The molecule has 0 saturated heterocycles. The van der Waals surface area contributed by atoms with E-state index in [0.29, 0.717) is 24.5 Å². The Labute approximate surface area is 242 Å². The molecule has 41 heavy (non-hydrogen) atoms. The molecule has 3 aromatic carbocycles. The van der Waals surface area contributed by atoms with E-state index in [1.54, 1.807) is 18.2 Å². The van der Waals surface area contributed by atoms with E-state index < -0.39 is 6.10 Å². The summed E-state index contributed by atoms with van der Waals surface area (Å²) in [6.07, 6.45) is 7.42. The number of carbonyl (C=O) groups excluding carboxylic acids is 1. The molecular formula is C35H42O6. The van der Waals surface area contributed by atoms with E-state index in [1.165, 1.54) is 12.7 Å². The van der Waals surface area contributed by atoms with Gasteiger partial charge in [0.1, 0.15) is 5.78 Å². The Bertz CT molecular complexity index is 1350. The van der Waals surface area contributed by atoms with Gasteiger partial charge < -0.3 is 25.2 Å². The number of ether oxygens (including phenoxy) is 1. The lowest BCUT2D eigenvalue weighted by Crippen LogP contribution is -2.44. The molecule has 0 radical (unpaired) electrons. The zero-order chi connectivity index (χ0) is 29.0. The van der Waals surface area contributed by atoms with Gasteiger partial charge in [0, 0.05) is 23.8 Å². The van der Waals surface area contributed by atoms with E-state index in [2.05, 4.69) is 12.1 Å². The lowest BCUT2D eigenvalue weighted by molar-refractivity contribution is -0.121. The molecule has 4 unspecified atom stereocenters. The van der Waals surface area contributed by atoms with Crippen LogP contribution in [0.15, 0.2) is 60.7 Å². The van der Waals surface area contributed by atoms with E-state index >= 15 is 0 Å². The molecule has 2 aliphatic rings. The van der Waals surface area contributed by atoms with E-state index in [9.17, 15) is 25.2 Å². The van der Waals surface area contributed by atoms with Crippen molar-refractivity contribution in [1.82, 2.24) is 0 Å². The van der Waals surface area contributed by atoms with E-state index in [4.69, 9.17) is 4.74 Å². The average molecular weight is 559 g/mol. The van der Waals surface area contributed by atoms with Gasteiger partial charge in [-0.1, -0.05) is 55.3 Å². The van der Waals surface area contributed by atoms with Crippen molar-refractivity contribution in [2.75, 3.05) is 7.11 Å². The van der Waals surface area contributed by atoms with Crippen LogP contribution in [0.5, 0.6) is 23.0 Å². The third kappa shape index (κ3) is 6.23. The number of aromatic hydroxyl groups is 3. The minimum absolute atomic E-state index is 0.0101. The fourth-order valence-electron chi connectivity index (χ4n) is 7.56. The third-order valence-electron chi connectivity index (χ3n) is 9.58. The molecule has 0 spiro atoms. The molecule has 0 bridgehead atoms. The van der Waals surface area contributed by atoms with Crippen LogP contribution in [0.3, 0.4) is 0 Å². The van der Waals surface area contributed by atoms with Crippen LogP contribution < -0.4 is 4.74 Å². The number of ketones is 1. The predicted molar refractivity (Wildman–Crippen MR) is 159 cm³/mol. The Morgan fingerprint density at radius 3 is 2.54 bits per heavy atom. The first-order valence-electron chi connectivity index (χ1n) is 15.0. The number of aliphatic hydroxyl groups is 1. The number of rotatable bonds is 11. The molecule has 4 atom stereocenters. The van der Waals surface area contributed by atoms with Gasteiger partial charge in [-0.15, -0.1) is 0 Å². The maximum atomic E-state index is 13.5. The first kappa shape index (κ1) is 29.0.